The molecule has 2 aliphatic rings. The molecule has 0 spiro atoms. The number of oxazole rings is 1. The summed E-state index contributed by atoms with van der Waals surface area (Å²) in [6, 6.07) is 14.9. The number of nitrogens with one attached hydrogen (secondary N) is 1. The van der Waals surface area contributed by atoms with E-state index in [0.29, 0.717) is 11.9 Å². The van der Waals surface area contributed by atoms with Gasteiger partial charge in [0.25, 0.3) is 0 Å². The van der Waals surface area contributed by atoms with Gasteiger partial charge in [-0.05, 0) is 68.1 Å². The van der Waals surface area contributed by atoms with Crippen LogP contribution in [0.15, 0.2) is 46.9 Å². The highest BCUT2D eigenvalue weighted by atomic mass is 16.3. The lowest BCUT2D eigenvalue weighted by Gasteiger charge is -2.18. The Morgan fingerprint density at radius 1 is 0.967 bits per heavy atom. The highest BCUT2D eigenvalue weighted by molar-refractivity contribution is 5.83. The van der Waals surface area contributed by atoms with Crippen LogP contribution < -0.4 is 10.2 Å². The van der Waals surface area contributed by atoms with Crippen molar-refractivity contribution in [2.45, 2.75) is 32.2 Å². The van der Waals surface area contributed by atoms with E-state index in [1.807, 2.05) is 31.2 Å². The van der Waals surface area contributed by atoms with Crippen LogP contribution in [-0.4, -0.2) is 40.6 Å². The highest BCUT2D eigenvalue weighted by Gasteiger charge is 2.26. The average Bonchev–Trinajstić information content (AvgIpc) is 3.34. The second kappa shape index (κ2) is 7.06. The van der Waals surface area contributed by atoms with E-state index in [-0.39, 0.29) is 0 Å². The van der Waals surface area contributed by atoms with Gasteiger partial charge in [0, 0.05) is 31.6 Å². The highest BCUT2D eigenvalue weighted by Crippen LogP contribution is 2.29. The fraction of sp³-hybridized carbons (Fsp3) is 0.375. The third-order valence-electron chi connectivity index (χ3n) is 6.22. The molecule has 1 aromatic carbocycles. The van der Waals surface area contributed by atoms with Crippen LogP contribution in [0.25, 0.3) is 33.4 Å². The lowest BCUT2D eigenvalue weighted by atomic mass is 10.1. The van der Waals surface area contributed by atoms with Gasteiger partial charge in [-0.15, -0.1) is 0 Å². The van der Waals surface area contributed by atoms with E-state index in [9.17, 15) is 0 Å². The molecular weight excluding hydrogens is 374 g/mol. The molecule has 1 saturated carbocycles. The maximum Gasteiger partial charge on any atom is 0.192 e. The van der Waals surface area contributed by atoms with Crippen LogP contribution in [0.1, 0.15) is 25.2 Å². The molecule has 30 heavy (non-hydrogen) atoms. The fourth-order valence-corrected chi connectivity index (χ4v) is 4.33. The first-order valence-corrected chi connectivity index (χ1v) is 10.8. The fourth-order valence-electron chi connectivity index (χ4n) is 4.33. The van der Waals surface area contributed by atoms with Gasteiger partial charge < -0.3 is 14.6 Å². The monoisotopic (exact) mass is 399 g/mol. The molecule has 1 N–H and O–H groups in total. The standard InChI is InChI=1S/C24H25N5O/c1-15-26-22-5-4-17(12-23(22)30-15)19-6-7-21-20(27-19)8-9-24(28-21)29-11-10-18(14-29)25-13-16-2-3-16/h4-9,12,16,18,25H,2-3,10-11,13-14H2,1H3. The quantitative estimate of drug-likeness (QED) is 0.539. The molecule has 152 valence electrons. The first-order chi connectivity index (χ1) is 14.7. The van der Waals surface area contributed by atoms with Crippen molar-refractivity contribution in [3.63, 3.8) is 0 Å². The van der Waals surface area contributed by atoms with Crippen LogP contribution in [-0.2, 0) is 0 Å². The molecule has 4 heterocycles. The maximum atomic E-state index is 5.67. The zero-order valence-electron chi connectivity index (χ0n) is 17.1. The molecule has 2 fully saturated rings. The average molecular weight is 399 g/mol. The summed E-state index contributed by atoms with van der Waals surface area (Å²) in [6.07, 6.45) is 3.99. The Labute approximate surface area is 175 Å². The van der Waals surface area contributed by atoms with E-state index in [4.69, 9.17) is 14.4 Å². The second-order valence-corrected chi connectivity index (χ2v) is 8.60. The molecule has 3 aromatic heterocycles. The normalized spacial score (nSPS) is 19.2. The lowest BCUT2D eigenvalue weighted by molar-refractivity contribution is 0.530. The second-order valence-electron chi connectivity index (χ2n) is 8.60. The minimum atomic E-state index is 0.582. The summed E-state index contributed by atoms with van der Waals surface area (Å²) in [6.45, 7) is 5.13. The zero-order valence-corrected chi connectivity index (χ0v) is 17.1. The number of aryl methyl sites for hydroxylation is 1. The first kappa shape index (κ1) is 17.8. The summed E-state index contributed by atoms with van der Waals surface area (Å²) in [5.74, 6) is 2.65. The van der Waals surface area contributed by atoms with Gasteiger partial charge in [-0.25, -0.2) is 15.0 Å². The van der Waals surface area contributed by atoms with Crippen LogP contribution in [0.5, 0.6) is 0 Å². The summed E-state index contributed by atoms with van der Waals surface area (Å²) in [4.78, 5) is 16.5. The maximum absolute atomic E-state index is 5.67. The number of rotatable bonds is 5. The topological polar surface area (TPSA) is 67.1 Å². The molecule has 1 aliphatic carbocycles. The third kappa shape index (κ3) is 3.41. The van der Waals surface area contributed by atoms with E-state index >= 15 is 0 Å². The smallest absolute Gasteiger partial charge is 0.192 e. The predicted molar refractivity (Wildman–Crippen MR) is 119 cm³/mol. The minimum absolute atomic E-state index is 0.582. The third-order valence-corrected chi connectivity index (χ3v) is 6.22. The van der Waals surface area contributed by atoms with Crippen molar-refractivity contribution in [1.82, 2.24) is 20.3 Å². The first-order valence-electron chi connectivity index (χ1n) is 10.8. The van der Waals surface area contributed by atoms with Crippen LogP contribution >= 0.6 is 0 Å². The Hall–Kier alpha value is -2.99. The van der Waals surface area contributed by atoms with Gasteiger partial charge in [-0.1, -0.05) is 6.07 Å². The number of hydrogen-bond donors (Lipinski definition) is 1. The number of aromatic nitrogens is 3. The van der Waals surface area contributed by atoms with Gasteiger partial charge >= 0.3 is 0 Å². The molecular formula is C24H25N5O. The molecule has 0 radical (unpaired) electrons. The zero-order chi connectivity index (χ0) is 20.1. The number of benzene rings is 1. The molecule has 1 unspecified atom stereocenters. The molecule has 6 rings (SSSR count). The van der Waals surface area contributed by atoms with Gasteiger partial charge in [0.1, 0.15) is 11.3 Å². The van der Waals surface area contributed by atoms with Gasteiger partial charge in [0.2, 0.25) is 0 Å². The van der Waals surface area contributed by atoms with Crippen molar-refractivity contribution in [3.05, 3.63) is 48.4 Å². The Balaban J connectivity index is 1.23. The summed E-state index contributed by atoms with van der Waals surface area (Å²) in [7, 11) is 0. The Kier molecular flexibility index (Phi) is 4.20. The van der Waals surface area contributed by atoms with Gasteiger partial charge in [-0.2, -0.15) is 0 Å². The van der Waals surface area contributed by atoms with Gasteiger partial charge in [0.05, 0.1) is 16.7 Å². The summed E-state index contributed by atoms with van der Waals surface area (Å²) < 4.78 is 5.67. The lowest BCUT2D eigenvalue weighted by Crippen LogP contribution is -2.34. The number of fused-ring (bicyclic) bond motifs is 2. The van der Waals surface area contributed by atoms with Crippen molar-refractivity contribution in [2.75, 3.05) is 24.5 Å². The molecule has 0 amide bonds. The van der Waals surface area contributed by atoms with Crippen LogP contribution in [0.3, 0.4) is 0 Å². The summed E-state index contributed by atoms with van der Waals surface area (Å²) in [5.41, 5.74) is 5.44. The van der Waals surface area contributed by atoms with Gasteiger partial charge in [-0.3, -0.25) is 0 Å². The largest absolute Gasteiger partial charge is 0.441 e. The predicted octanol–water partition coefficient (Wildman–Crippen LogP) is 4.32. The van der Waals surface area contributed by atoms with E-state index in [1.54, 1.807) is 0 Å². The van der Waals surface area contributed by atoms with Crippen LogP contribution in [0.4, 0.5) is 5.82 Å². The van der Waals surface area contributed by atoms with E-state index in [2.05, 4.69) is 33.4 Å². The van der Waals surface area contributed by atoms with Crippen molar-refractivity contribution < 1.29 is 4.42 Å². The molecule has 4 aromatic rings. The number of pyridine rings is 2. The molecule has 1 atom stereocenters. The molecule has 0 bridgehead atoms. The van der Waals surface area contributed by atoms with E-state index in [1.165, 1.54) is 25.8 Å². The van der Waals surface area contributed by atoms with Crippen molar-refractivity contribution in [1.29, 1.82) is 0 Å². The molecule has 1 saturated heterocycles. The van der Waals surface area contributed by atoms with E-state index < -0.39 is 0 Å². The Bertz CT molecular complexity index is 1230. The minimum Gasteiger partial charge on any atom is -0.441 e. The Morgan fingerprint density at radius 3 is 2.70 bits per heavy atom. The van der Waals surface area contributed by atoms with Crippen molar-refractivity contribution in [2.24, 2.45) is 5.92 Å². The molecule has 6 heteroatoms. The van der Waals surface area contributed by atoms with Crippen molar-refractivity contribution >= 4 is 28.0 Å². The van der Waals surface area contributed by atoms with E-state index in [0.717, 1.165) is 58.2 Å². The van der Waals surface area contributed by atoms with Crippen LogP contribution in [0.2, 0.25) is 0 Å². The molecule has 6 nitrogen and oxygen atoms in total. The van der Waals surface area contributed by atoms with Crippen molar-refractivity contribution in [3.8, 4) is 11.3 Å². The van der Waals surface area contributed by atoms with Crippen LogP contribution in [0, 0.1) is 12.8 Å². The number of nitrogens with zero attached hydrogens (tertiary/aromatic N) is 4. The SMILES string of the molecule is Cc1nc2ccc(-c3ccc4nc(N5CCC(NCC6CC6)C5)ccc4n3)cc2o1. The number of hydrogen-bond acceptors (Lipinski definition) is 6. The summed E-state index contributed by atoms with van der Waals surface area (Å²) >= 11 is 0. The summed E-state index contributed by atoms with van der Waals surface area (Å²) in [5, 5.41) is 3.73. The number of anilines is 1. The van der Waals surface area contributed by atoms with Gasteiger partial charge in [0.15, 0.2) is 11.5 Å². The Morgan fingerprint density at radius 2 is 1.80 bits per heavy atom. The molecule has 1 aliphatic heterocycles.